The van der Waals surface area contributed by atoms with Crippen LogP contribution >= 0.6 is 0 Å². The Labute approximate surface area is 177 Å². The van der Waals surface area contributed by atoms with Gasteiger partial charge in [0.25, 0.3) is 0 Å². The van der Waals surface area contributed by atoms with Gasteiger partial charge in [0.15, 0.2) is 0 Å². The first-order chi connectivity index (χ1) is 14.5. The lowest BCUT2D eigenvalue weighted by atomic mass is 10.0. The molecular formula is C22H28N2O5S. The van der Waals surface area contributed by atoms with E-state index in [9.17, 15) is 8.42 Å². The minimum atomic E-state index is -3.58. The Bertz CT molecular complexity index is 932. The van der Waals surface area contributed by atoms with Gasteiger partial charge in [0, 0.05) is 20.2 Å². The van der Waals surface area contributed by atoms with Crippen LogP contribution in [0.4, 0.5) is 0 Å². The largest absolute Gasteiger partial charge is 0.489 e. The molecule has 2 heterocycles. The van der Waals surface area contributed by atoms with Crippen LogP contribution < -0.4 is 9.46 Å². The second-order valence-corrected chi connectivity index (χ2v) is 9.68. The lowest BCUT2D eigenvalue weighted by Crippen LogP contribution is -2.42. The maximum Gasteiger partial charge on any atom is 0.218 e. The van der Waals surface area contributed by atoms with E-state index in [-0.39, 0.29) is 12.7 Å². The molecule has 3 atom stereocenters. The minimum absolute atomic E-state index is 0.0482. The van der Waals surface area contributed by atoms with E-state index in [1.165, 1.54) is 0 Å². The molecule has 2 aromatic carbocycles. The van der Waals surface area contributed by atoms with Crippen molar-refractivity contribution in [3.63, 3.8) is 0 Å². The quantitative estimate of drug-likeness (QED) is 0.691. The molecule has 2 fully saturated rings. The third-order valence-corrected chi connectivity index (χ3v) is 7.33. The summed E-state index contributed by atoms with van der Waals surface area (Å²) in [5, 5.41) is 0.903. The molecule has 0 amide bonds. The zero-order valence-electron chi connectivity index (χ0n) is 17.1. The Morgan fingerprint density at radius 2 is 2.00 bits per heavy atom. The Kier molecular flexibility index (Phi) is 6.70. The number of ether oxygens (including phenoxy) is 2. The van der Waals surface area contributed by atoms with Crippen LogP contribution in [0, 0.1) is 0 Å². The van der Waals surface area contributed by atoms with Gasteiger partial charge in [-0.05, 0) is 36.1 Å². The number of hydrogen-bond donors (Lipinski definition) is 1. The molecule has 30 heavy (non-hydrogen) atoms. The van der Waals surface area contributed by atoms with Gasteiger partial charge in [-0.3, -0.25) is 4.84 Å². The van der Waals surface area contributed by atoms with Crippen LogP contribution in [0.2, 0.25) is 0 Å². The van der Waals surface area contributed by atoms with E-state index in [0.717, 1.165) is 24.0 Å². The smallest absolute Gasteiger partial charge is 0.218 e. The second kappa shape index (κ2) is 9.45. The Morgan fingerprint density at radius 3 is 2.77 bits per heavy atom. The fourth-order valence-electron chi connectivity index (χ4n) is 3.93. The van der Waals surface area contributed by atoms with Crippen molar-refractivity contribution < 1.29 is 22.7 Å². The molecule has 8 heteroatoms. The predicted molar refractivity (Wildman–Crippen MR) is 113 cm³/mol. The van der Waals surface area contributed by atoms with Crippen molar-refractivity contribution in [3.05, 3.63) is 65.7 Å². The molecule has 0 bridgehead atoms. The highest BCUT2D eigenvalue weighted by Crippen LogP contribution is 2.34. The Morgan fingerprint density at radius 1 is 1.17 bits per heavy atom. The molecule has 2 aromatic rings. The molecule has 2 aliphatic rings. The van der Waals surface area contributed by atoms with E-state index in [0.29, 0.717) is 25.5 Å². The summed E-state index contributed by atoms with van der Waals surface area (Å²) >= 11 is 0. The number of sulfonamides is 1. The SMILES string of the molecule is CN1OCC(S(=O)(=O)NCC2CCCO2)C1c1cccc(OCc2ccccc2)c1. The lowest BCUT2D eigenvalue weighted by molar-refractivity contribution is -0.110. The molecule has 1 N–H and O–H groups in total. The maximum absolute atomic E-state index is 13.0. The highest BCUT2D eigenvalue weighted by Gasteiger charge is 2.43. The highest BCUT2D eigenvalue weighted by atomic mass is 32.2. The number of hydrogen-bond acceptors (Lipinski definition) is 6. The number of rotatable bonds is 8. The van der Waals surface area contributed by atoms with E-state index >= 15 is 0 Å². The molecule has 7 nitrogen and oxygen atoms in total. The molecule has 2 saturated heterocycles. The van der Waals surface area contributed by atoms with Gasteiger partial charge in [-0.15, -0.1) is 0 Å². The predicted octanol–water partition coefficient (Wildman–Crippen LogP) is 2.65. The molecule has 162 valence electrons. The number of nitrogens with zero attached hydrogens (tertiary/aromatic N) is 1. The Balaban J connectivity index is 1.46. The van der Waals surface area contributed by atoms with Gasteiger partial charge in [0.05, 0.1) is 18.8 Å². The highest BCUT2D eigenvalue weighted by molar-refractivity contribution is 7.90. The van der Waals surface area contributed by atoms with Crippen LogP contribution in [0.15, 0.2) is 54.6 Å². The average Bonchev–Trinajstić information content (AvgIpc) is 3.42. The fourth-order valence-corrected chi connectivity index (χ4v) is 5.47. The van der Waals surface area contributed by atoms with Gasteiger partial charge in [-0.1, -0.05) is 42.5 Å². The summed E-state index contributed by atoms with van der Waals surface area (Å²) < 4.78 is 40.2. The van der Waals surface area contributed by atoms with Crippen LogP contribution in [-0.4, -0.2) is 51.6 Å². The maximum atomic E-state index is 13.0. The number of nitrogens with one attached hydrogen (secondary N) is 1. The lowest BCUT2D eigenvalue weighted by Gasteiger charge is -2.24. The van der Waals surface area contributed by atoms with Crippen LogP contribution in [0.1, 0.15) is 30.0 Å². The Hall–Kier alpha value is -1.97. The normalized spacial score (nSPS) is 24.9. The van der Waals surface area contributed by atoms with E-state index < -0.39 is 21.3 Å². The van der Waals surface area contributed by atoms with Crippen molar-refractivity contribution >= 4 is 10.0 Å². The van der Waals surface area contributed by atoms with E-state index in [1.807, 2.05) is 54.6 Å². The summed E-state index contributed by atoms with van der Waals surface area (Å²) in [4.78, 5) is 5.60. The van der Waals surface area contributed by atoms with Crippen molar-refractivity contribution in [3.8, 4) is 5.75 Å². The van der Waals surface area contributed by atoms with Gasteiger partial charge >= 0.3 is 0 Å². The first-order valence-corrected chi connectivity index (χ1v) is 11.8. The molecule has 4 rings (SSSR count). The van der Waals surface area contributed by atoms with Gasteiger partial charge in [0.2, 0.25) is 10.0 Å². The summed E-state index contributed by atoms with van der Waals surface area (Å²) in [6.07, 6.45) is 1.81. The first kappa shape index (κ1) is 21.3. The van der Waals surface area contributed by atoms with Gasteiger partial charge < -0.3 is 9.47 Å². The van der Waals surface area contributed by atoms with Crippen LogP contribution in [-0.2, 0) is 26.2 Å². The van der Waals surface area contributed by atoms with E-state index in [1.54, 1.807) is 12.1 Å². The molecule has 2 aliphatic heterocycles. The van der Waals surface area contributed by atoms with Crippen LogP contribution in [0.25, 0.3) is 0 Å². The summed E-state index contributed by atoms with van der Waals surface area (Å²) in [6, 6.07) is 17.1. The average molecular weight is 433 g/mol. The first-order valence-electron chi connectivity index (χ1n) is 10.3. The molecule has 0 radical (unpaired) electrons. The molecule has 0 spiro atoms. The molecule has 3 unspecified atom stereocenters. The van der Waals surface area contributed by atoms with E-state index in [2.05, 4.69) is 4.72 Å². The second-order valence-electron chi connectivity index (χ2n) is 7.70. The molecule has 0 aromatic heterocycles. The third kappa shape index (κ3) is 5.01. The summed E-state index contributed by atoms with van der Waals surface area (Å²) in [7, 11) is -1.82. The topological polar surface area (TPSA) is 77.1 Å². The number of hydroxylamine groups is 2. The summed E-state index contributed by atoms with van der Waals surface area (Å²) in [5.41, 5.74) is 1.91. The molecular weight excluding hydrogens is 404 g/mol. The summed E-state index contributed by atoms with van der Waals surface area (Å²) in [6.45, 7) is 1.55. The van der Waals surface area contributed by atoms with Crippen LogP contribution in [0.5, 0.6) is 5.75 Å². The van der Waals surface area contributed by atoms with Crippen molar-refractivity contribution in [1.29, 1.82) is 0 Å². The monoisotopic (exact) mass is 432 g/mol. The molecule has 0 saturated carbocycles. The summed E-state index contributed by atoms with van der Waals surface area (Å²) in [5.74, 6) is 0.695. The van der Waals surface area contributed by atoms with Gasteiger partial charge in [-0.25, -0.2) is 13.1 Å². The van der Waals surface area contributed by atoms with Crippen LogP contribution in [0.3, 0.4) is 0 Å². The number of benzene rings is 2. The van der Waals surface area contributed by atoms with Crippen molar-refractivity contribution in [2.24, 2.45) is 0 Å². The van der Waals surface area contributed by atoms with Crippen molar-refractivity contribution in [1.82, 2.24) is 9.79 Å². The third-order valence-electron chi connectivity index (χ3n) is 5.57. The standard InChI is InChI=1S/C22H28N2O5S/c1-24-22(21(16-29-24)30(25,26)23-14-20-11-6-12-27-20)18-9-5-10-19(13-18)28-15-17-7-3-2-4-8-17/h2-5,7-10,13,20-23H,6,11-12,14-16H2,1H3. The zero-order chi connectivity index (χ0) is 21.0. The minimum Gasteiger partial charge on any atom is -0.489 e. The fraction of sp³-hybridized carbons (Fsp3) is 0.455. The molecule has 0 aliphatic carbocycles. The van der Waals surface area contributed by atoms with Gasteiger partial charge in [0.1, 0.15) is 17.6 Å². The zero-order valence-corrected chi connectivity index (χ0v) is 17.9. The van der Waals surface area contributed by atoms with E-state index in [4.69, 9.17) is 14.3 Å². The van der Waals surface area contributed by atoms with Gasteiger partial charge in [-0.2, -0.15) is 5.06 Å². The van der Waals surface area contributed by atoms with Crippen molar-refractivity contribution in [2.45, 2.75) is 36.8 Å². The van der Waals surface area contributed by atoms with Crippen molar-refractivity contribution in [2.75, 3.05) is 26.8 Å².